The standard InChI is InChI=1S/C29H20F12N4O2/c30-26(31,32)21-13-17(44-42)5-11-23(21)46-19-7-1-15(2-8-19)25(28(36,37)38,29(39,40)41)16-3-9-20(10-4-16)47-24-12-6-18(45-43)14-22(24)27(33,34)35/h1-14,44-45H,42-43H2. The molecule has 0 amide bonds. The molecule has 0 saturated carbocycles. The lowest BCUT2D eigenvalue weighted by molar-refractivity contribution is -0.288. The number of nitrogens with one attached hydrogen (secondary N) is 2. The Hall–Kier alpha value is -4.84. The Morgan fingerprint density at radius 1 is 0.447 bits per heavy atom. The van der Waals surface area contributed by atoms with Crippen molar-refractivity contribution in [1.29, 1.82) is 0 Å². The first kappa shape index (κ1) is 35.0. The lowest BCUT2D eigenvalue weighted by Crippen LogP contribution is -2.54. The van der Waals surface area contributed by atoms with Gasteiger partial charge >= 0.3 is 24.7 Å². The number of halogens is 12. The van der Waals surface area contributed by atoms with E-state index in [2.05, 4.69) is 0 Å². The molecule has 0 aliphatic heterocycles. The first-order chi connectivity index (χ1) is 21.7. The van der Waals surface area contributed by atoms with Crippen molar-refractivity contribution in [3.8, 4) is 23.0 Å². The van der Waals surface area contributed by atoms with Crippen molar-refractivity contribution in [2.75, 3.05) is 10.9 Å². The van der Waals surface area contributed by atoms with Crippen LogP contribution in [0.1, 0.15) is 22.3 Å². The molecule has 0 aliphatic rings. The van der Waals surface area contributed by atoms with Gasteiger partial charge in [-0.05, 0) is 71.8 Å². The van der Waals surface area contributed by atoms with Crippen molar-refractivity contribution in [3.05, 3.63) is 107 Å². The minimum Gasteiger partial charge on any atom is -0.457 e. The molecule has 252 valence electrons. The van der Waals surface area contributed by atoms with Crippen LogP contribution in [0.15, 0.2) is 84.9 Å². The fraction of sp³-hybridized carbons (Fsp3) is 0.172. The van der Waals surface area contributed by atoms with Gasteiger partial charge in [0.2, 0.25) is 5.41 Å². The number of ether oxygens (including phenoxy) is 2. The zero-order valence-corrected chi connectivity index (χ0v) is 23.1. The zero-order valence-electron chi connectivity index (χ0n) is 23.1. The lowest BCUT2D eigenvalue weighted by atomic mass is 9.73. The third kappa shape index (κ3) is 6.97. The largest absolute Gasteiger partial charge is 0.457 e. The average Bonchev–Trinajstić information content (AvgIpc) is 2.97. The van der Waals surface area contributed by atoms with Gasteiger partial charge in [0, 0.05) is 11.4 Å². The molecule has 0 spiro atoms. The van der Waals surface area contributed by atoms with E-state index in [1.165, 1.54) is 0 Å². The number of nitrogens with two attached hydrogens (primary N) is 2. The molecule has 0 radical (unpaired) electrons. The molecular weight excluding hydrogens is 664 g/mol. The summed E-state index contributed by atoms with van der Waals surface area (Å²) < 4.78 is 179. The van der Waals surface area contributed by atoms with Crippen LogP contribution < -0.4 is 32.0 Å². The molecule has 6 N–H and O–H groups in total. The third-order valence-electron chi connectivity index (χ3n) is 6.78. The minimum atomic E-state index is -6.06. The summed E-state index contributed by atoms with van der Waals surface area (Å²) in [5, 5.41) is 0. The van der Waals surface area contributed by atoms with Crippen molar-refractivity contribution in [2.45, 2.75) is 30.1 Å². The highest BCUT2D eigenvalue weighted by Crippen LogP contribution is 2.56. The fourth-order valence-corrected chi connectivity index (χ4v) is 4.64. The molecule has 18 heteroatoms. The Kier molecular flexibility index (Phi) is 9.24. The highest BCUT2D eigenvalue weighted by molar-refractivity contribution is 5.55. The van der Waals surface area contributed by atoms with Gasteiger partial charge in [0.05, 0.1) is 0 Å². The summed E-state index contributed by atoms with van der Waals surface area (Å²) in [7, 11) is 0. The van der Waals surface area contributed by atoms with Gasteiger partial charge in [-0.15, -0.1) is 0 Å². The Morgan fingerprint density at radius 3 is 1.02 bits per heavy atom. The number of rotatable bonds is 8. The van der Waals surface area contributed by atoms with Crippen molar-refractivity contribution in [2.24, 2.45) is 11.7 Å². The number of anilines is 2. The second kappa shape index (κ2) is 12.4. The van der Waals surface area contributed by atoms with Crippen molar-refractivity contribution < 1.29 is 62.2 Å². The number of hydrogen-bond acceptors (Lipinski definition) is 6. The van der Waals surface area contributed by atoms with E-state index in [4.69, 9.17) is 21.2 Å². The van der Waals surface area contributed by atoms with E-state index in [9.17, 15) is 52.7 Å². The van der Waals surface area contributed by atoms with Crippen LogP contribution in [0.5, 0.6) is 23.0 Å². The highest BCUT2D eigenvalue weighted by atomic mass is 19.4. The maximum Gasteiger partial charge on any atom is 0.420 e. The smallest absolute Gasteiger partial charge is 0.420 e. The van der Waals surface area contributed by atoms with Gasteiger partial charge in [-0.2, -0.15) is 52.7 Å². The quantitative estimate of drug-likeness (QED) is 0.0840. The molecular formula is C29H20F12N4O2. The van der Waals surface area contributed by atoms with Crippen LogP contribution in [0.25, 0.3) is 0 Å². The van der Waals surface area contributed by atoms with E-state index in [-0.39, 0.29) is 11.4 Å². The maximum atomic E-state index is 14.6. The SMILES string of the molecule is NNc1ccc(Oc2ccc(C(c3ccc(Oc4ccc(NN)cc4C(F)(F)F)cc3)(C(F)(F)F)C(F)(F)F)cc2)c(C(F)(F)F)c1. The molecule has 0 aliphatic carbocycles. The number of hydrogen-bond donors (Lipinski definition) is 4. The summed E-state index contributed by atoms with van der Waals surface area (Å²) in [6.07, 6.45) is -22.1. The number of alkyl halides is 12. The van der Waals surface area contributed by atoms with Gasteiger partial charge in [0.1, 0.15) is 34.1 Å². The molecule has 0 heterocycles. The van der Waals surface area contributed by atoms with E-state index >= 15 is 0 Å². The minimum absolute atomic E-state index is 0.167. The summed E-state index contributed by atoms with van der Waals surface area (Å²) in [5.74, 6) is 7.53. The summed E-state index contributed by atoms with van der Waals surface area (Å²) >= 11 is 0. The first-order valence-corrected chi connectivity index (χ1v) is 12.8. The lowest BCUT2D eigenvalue weighted by Gasteiger charge is -2.38. The summed E-state index contributed by atoms with van der Waals surface area (Å²) in [6, 6.07) is 9.00. The molecule has 0 atom stereocenters. The highest BCUT2D eigenvalue weighted by Gasteiger charge is 2.72. The Balaban J connectivity index is 1.74. The van der Waals surface area contributed by atoms with Gasteiger partial charge in [-0.25, -0.2) is 0 Å². The molecule has 0 aromatic heterocycles. The normalized spacial score (nSPS) is 12.9. The molecule has 4 rings (SSSR count). The van der Waals surface area contributed by atoms with E-state index < -0.39 is 75.4 Å². The van der Waals surface area contributed by atoms with E-state index in [0.717, 1.165) is 24.3 Å². The molecule has 0 saturated heterocycles. The van der Waals surface area contributed by atoms with Crippen LogP contribution >= 0.6 is 0 Å². The fourth-order valence-electron chi connectivity index (χ4n) is 4.64. The van der Waals surface area contributed by atoms with E-state index in [0.29, 0.717) is 60.7 Å². The first-order valence-electron chi connectivity index (χ1n) is 12.8. The predicted molar refractivity (Wildman–Crippen MR) is 144 cm³/mol. The van der Waals surface area contributed by atoms with Crippen molar-refractivity contribution in [3.63, 3.8) is 0 Å². The van der Waals surface area contributed by atoms with Crippen LogP contribution in [0, 0.1) is 0 Å². The third-order valence-corrected chi connectivity index (χ3v) is 6.78. The summed E-state index contributed by atoms with van der Waals surface area (Å²) in [6.45, 7) is 0. The molecule has 0 unspecified atom stereocenters. The van der Waals surface area contributed by atoms with Gasteiger partial charge in [-0.3, -0.25) is 11.7 Å². The van der Waals surface area contributed by atoms with E-state index in [1.807, 2.05) is 10.9 Å². The predicted octanol–water partition coefficient (Wildman–Crippen LogP) is 9.29. The van der Waals surface area contributed by atoms with Gasteiger partial charge in [-0.1, -0.05) is 24.3 Å². The summed E-state index contributed by atoms with van der Waals surface area (Å²) in [4.78, 5) is 0. The Bertz CT molecular complexity index is 1570. The maximum absolute atomic E-state index is 14.6. The molecule has 0 fully saturated rings. The zero-order chi connectivity index (χ0) is 35.0. The van der Waals surface area contributed by atoms with Gasteiger partial charge < -0.3 is 20.3 Å². The molecule has 4 aromatic rings. The van der Waals surface area contributed by atoms with Crippen LogP contribution in [-0.4, -0.2) is 12.4 Å². The van der Waals surface area contributed by atoms with Crippen LogP contribution in [0.3, 0.4) is 0 Å². The van der Waals surface area contributed by atoms with E-state index in [1.54, 1.807) is 0 Å². The van der Waals surface area contributed by atoms with Gasteiger partial charge in [0.15, 0.2) is 0 Å². The average molecular weight is 684 g/mol. The Labute approximate surface area is 256 Å². The molecule has 47 heavy (non-hydrogen) atoms. The topological polar surface area (TPSA) is 94.6 Å². The molecule has 0 bridgehead atoms. The number of benzene rings is 4. The summed E-state index contributed by atoms with van der Waals surface area (Å²) in [5.41, 5.74) is -6.49. The van der Waals surface area contributed by atoms with Crippen LogP contribution in [-0.2, 0) is 17.8 Å². The Morgan fingerprint density at radius 2 is 0.766 bits per heavy atom. The van der Waals surface area contributed by atoms with Crippen molar-refractivity contribution in [1.82, 2.24) is 0 Å². The second-order valence-electron chi connectivity index (χ2n) is 9.70. The second-order valence-corrected chi connectivity index (χ2v) is 9.70. The monoisotopic (exact) mass is 684 g/mol. The number of nitrogen functional groups attached to an aromatic ring is 2. The van der Waals surface area contributed by atoms with Crippen molar-refractivity contribution >= 4 is 11.4 Å². The molecule has 4 aromatic carbocycles. The molecule has 6 nitrogen and oxygen atoms in total. The van der Waals surface area contributed by atoms with Crippen LogP contribution in [0.2, 0.25) is 0 Å². The van der Waals surface area contributed by atoms with Crippen LogP contribution in [0.4, 0.5) is 64.1 Å². The number of hydrazine groups is 2. The van der Waals surface area contributed by atoms with Gasteiger partial charge in [0.25, 0.3) is 0 Å².